The molecule has 0 aromatic heterocycles. The molecular formula is C18H33NaO8S2. The van der Waals surface area contributed by atoms with Crippen LogP contribution in [0.5, 0.6) is 0 Å². The normalized spacial score (nSPS) is 10.6. The Kier molecular flexibility index (Phi) is 26.2. The molecule has 0 unspecified atom stereocenters. The molecule has 0 radical (unpaired) electrons. The van der Waals surface area contributed by atoms with Crippen LogP contribution in [0.4, 0.5) is 0 Å². The third-order valence-electron chi connectivity index (χ3n) is 3.39. The maximum Gasteiger partial charge on any atom is 1.00 e. The monoisotopic (exact) mass is 464 g/mol. The van der Waals surface area contributed by atoms with Crippen LogP contribution in [0.1, 0.15) is 71.1 Å². The van der Waals surface area contributed by atoms with E-state index in [-0.39, 0.29) is 36.2 Å². The summed E-state index contributed by atoms with van der Waals surface area (Å²) in [4.78, 5) is 0. The molecule has 29 heavy (non-hydrogen) atoms. The zero-order chi connectivity index (χ0) is 21.7. The molecule has 0 saturated carbocycles. The summed E-state index contributed by atoms with van der Waals surface area (Å²) in [5.74, 6) is 0. The molecule has 0 fully saturated rings. The molecule has 1 rings (SSSR count). The predicted molar refractivity (Wildman–Crippen MR) is 108 cm³/mol. The zero-order valence-electron chi connectivity index (χ0n) is 17.4. The summed E-state index contributed by atoms with van der Waals surface area (Å²) in [6.07, 6.45) is 11.7. The van der Waals surface area contributed by atoms with Crippen LogP contribution in [-0.4, -0.2) is 37.1 Å². The van der Waals surface area contributed by atoms with E-state index >= 15 is 0 Å². The molecule has 0 saturated heterocycles. The maximum atomic E-state index is 10.1. The number of hydrogen-bond donors (Lipinski definition) is 2. The first-order chi connectivity index (χ1) is 13.1. The van der Waals surface area contributed by atoms with Crippen molar-refractivity contribution in [1.82, 2.24) is 0 Å². The largest absolute Gasteiger partial charge is 1.00 e. The van der Waals surface area contributed by atoms with Crippen molar-refractivity contribution in [3.8, 4) is 0 Å². The van der Waals surface area contributed by atoms with Crippen LogP contribution >= 0.6 is 0 Å². The molecule has 0 heterocycles. The van der Waals surface area contributed by atoms with Crippen LogP contribution < -0.4 is 29.6 Å². The molecule has 0 aliphatic heterocycles. The Hall–Kier alpha value is -0.0400. The third kappa shape index (κ3) is 47.3. The summed E-state index contributed by atoms with van der Waals surface area (Å²) >= 11 is 0. The molecule has 0 spiro atoms. The van der Waals surface area contributed by atoms with Crippen molar-refractivity contribution in [2.45, 2.75) is 71.1 Å². The van der Waals surface area contributed by atoms with Gasteiger partial charge in [0.1, 0.15) is 0 Å². The van der Waals surface area contributed by atoms with E-state index in [1.54, 1.807) is 0 Å². The van der Waals surface area contributed by atoms with Crippen LogP contribution in [0.15, 0.2) is 36.4 Å². The second-order valence-corrected chi connectivity index (χ2v) is 7.96. The van der Waals surface area contributed by atoms with Gasteiger partial charge in [0.2, 0.25) is 10.4 Å². The summed E-state index contributed by atoms with van der Waals surface area (Å²) in [6, 6.07) is 12.0. The smallest absolute Gasteiger partial charge is 0.726 e. The summed E-state index contributed by atoms with van der Waals surface area (Å²) in [5.41, 5.74) is 0. The molecule has 166 valence electrons. The van der Waals surface area contributed by atoms with Gasteiger partial charge in [0.05, 0.1) is 6.61 Å². The SMILES string of the molecule is CCCCCCCCCCCCOS(=O)(=O)[O-].O=S(=O)(O)O.[Na+].c1ccccc1. The fourth-order valence-electron chi connectivity index (χ4n) is 2.14. The molecule has 8 nitrogen and oxygen atoms in total. The molecule has 0 atom stereocenters. The van der Waals surface area contributed by atoms with Crippen LogP contribution in [0, 0.1) is 0 Å². The first kappa shape index (κ1) is 33.6. The minimum Gasteiger partial charge on any atom is -0.726 e. The van der Waals surface area contributed by atoms with E-state index < -0.39 is 20.8 Å². The molecule has 1 aromatic rings. The Labute approximate surface area is 198 Å². The van der Waals surface area contributed by atoms with Crippen molar-refractivity contribution in [1.29, 1.82) is 0 Å². The third-order valence-corrected chi connectivity index (χ3v) is 3.85. The van der Waals surface area contributed by atoms with Gasteiger partial charge in [-0.3, -0.25) is 13.3 Å². The second-order valence-electron chi connectivity index (χ2n) is 6.01. The van der Waals surface area contributed by atoms with E-state index in [2.05, 4.69) is 11.1 Å². The molecular weight excluding hydrogens is 431 g/mol. The summed E-state index contributed by atoms with van der Waals surface area (Å²) in [5, 5.41) is 0. The van der Waals surface area contributed by atoms with Crippen molar-refractivity contribution in [3.05, 3.63) is 36.4 Å². The van der Waals surface area contributed by atoms with Gasteiger partial charge in [0.15, 0.2) is 0 Å². The van der Waals surface area contributed by atoms with Gasteiger partial charge < -0.3 is 4.55 Å². The van der Waals surface area contributed by atoms with Gasteiger partial charge >= 0.3 is 40.0 Å². The molecule has 0 bridgehead atoms. The number of rotatable bonds is 12. The molecule has 0 aliphatic carbocycles. The molecule has 0 aliphatic rings. The van der Waals surface area contributed by atoms with Crippen LogP contribution in [0.3, 0.4) is 0 Å². The Morgan fingerprint density at radius 2 is 0.966 bits per heavy atom. The van der Waals surface area contributed by atoms with Crippen molar-refractivity contribution in [2.75, 3.05) is 6.61 Å². The first-order valence-corrected chi connectivity index (χ1v) is 12.1. The van der Waals surface area contributed by atoms with Crippen molar-refractivity contribution in [3.63, 3.8) is 0 Å². The molecule has 2 N–H and O–H groups in total. The average molecular weight is 465 g/mol. The van der Waals surface area contributed by atoms with Crippen LogP contribution in [0.2, 0.25) is 0 Å². The summed E-state index contributed by atoms with van der Waals surface area (Å²) in [7, 11) is -9.15. The van der Waals surface area contributed by atoms with E-state index in [0.29, 0.717) is 6.42 Å². The predicted octanol–water partition coefficient (Wildman–Crippen LogP) is 1.42. The van der Waals surface area contributed by atoms with E-state index in [0.717, 1.165) is 12.8 Å². The topological polar surface area (TPSA) is 141 Å². The van der Waals surface area contributed by atoms with E-state index in [1.807, 2.05) is 36.4 Å². The van der Waals surface area contributed by atoms with E-state index in [1.165, 1.54) is 44.9 Å². The van der Waals surface area contributed by atoms with Gasteiger partial charge in [-0.25, -0.2) is 8.42 Å². The van der Waals surface area contributed by atoms with Crippen molar-refractivity contribution in [2.24, 2.45) is 0 Å². The van der Waals surface area contributed by atoms with Crippen LogP contribution in [0.25, 0.3) is 0 Å². The minimum atomic E-state index is -4.67. The fraction of sp³-hybridized carbons (Fsp3) is 0.667. The van der Waals surface area contributed by atoms with E-state index in [9.17, 15) is 13.0 Å². The second kappa shape index (κ2) is 22.6. The first-order valence-electron chi connectivity index (χ1n) is 9.36. The Balaban J connectivity index is -0.000000458. The Bertz CT molecular complexity index is 602. The van der Waals surface area contributed by atoms with Crippen molar-refractivity contribution < 1.29 is 64.2 Å². The fourth-order valence-corrected chi connectivity index (χ4v) is 2.46. The van der Waals surface area contributed by atoms with Gasteiger partial charge in [-0.2, -0.15) is 8.42 Å². The number of benzene rings is 1. The van der Waals surface area contributed by atoms with Crippen LogP contribution in [-0.2, 0) is 25.0 Å². The van der Waals surface area contributed by atoms with Gasteiger partial charge in [-0.05, 0) is 6.42 Å². The Morgan fingerprint density at radius 1 is 0.690 bits per heavy atom. The quantitative estimate of drug-likeness (QED) is 0.205. The summed E-state index contributed by atoms with van der Waals surface area (Å²) < 4.78 is 66.0. The van der Waals surface area contributed by atoms with Gasteiger partial charge in [0, 0.05) is 0 Å². The minimum absolute atomic E-state index is 0. The van der Waals surface area contributed by atoms with E-state index in [4.69, 9.17) is 17.5 Å². The van der Waals surface area contributed by atoms with Gasteiger partial charge in [-0.15, -0.1) is 0 Å². The molecule has 1 aromatic carbocycles. The number of hydrogen-bond acceptors (Lipinski definition) is 6. The Morgan fingerprint density at radius 3 is 1.24 bits per heavy atom. The standard InChI is InChI=1S/C12H26O4S.C6H6.Na.H2O4S/c1-2-3-4-5-6-7-8-9-10-11-12-16-17(13,14)15;1-2-4-6-5-3-1;;1-5(2,3)4/h2-12H2,1H3,(H,13,14,15);1-6H;;(H2,1,2,3,4)/q;;+1;/p-1. The number of unbranched alkanes of at least 4 members (excludes halogenated alkanes) is 9. The maximum absolute atomic E-state index is 10.1. The summed E-state index contributed by atoms with van der Waals surface area (Å²) in [6.45, 7) is 2.24. The van der Waals surface area contributed by atoms with Crippen molar-refractivity contribution >= 4 is 20.8 Å². The zero-order valence-corrected chi connectivity index (χ0v) is 21.0. The molecule has 0 amide bonds. The molecule has 11 heteroatoms. The van der Waals surface area contributed by atoms with Gasteiger partial charge in [-0.1, -0.05) is 101 Å². The van der Waals surface area contributed by atoms with Gasteiger partial charge in [0.25, 0.3) is 0 Å². The average Bonchev–Trinajstić information content (AvgIpc) is 2.59.